The molecule has 0 spiro atoms. The molecule has 4 rings (SSSR count). The lowest BCUT2D eigenvalue weighted by Gasteiger charge is -2.30. The minimum absolute atomic E-state index is 0.0469. The minimum Gasteiger partial charge on any atom is -0.481 e. The van der Waals surface area contributed by atoms with Gasteiger partial charge in [-0.15, -0.1) is 0 Å². The Morgan fingerprint density at radius 2 is 1.93 bits per heavy atom. The van der Waals surface area contributed by atoms with Gasteiger partial charge in [-0.25, -0.2) is 4.98 Å². The molecule has 0 amide bonds. The monoisotopic (exact) mass is 394 g/mol. The van der Waals surface area contributed by atoms with Crippen molar-refractivity contribution in [3.63, 3.8) is 0 Å². The lowest BCUT2D eigenvalue weighted by Crippen LogP contribution is -2.36. The molecule has 2 aromatic heterocycles. The Labute approximate surface area is 167 Å². The van der Waals surface area contributed by atoms with Crippen LogP contribution in [0.4, 0.5) is 5.69 Å². The number of benzene rings is 1. The number of nitrogens with zero attached hydrogens (tertiary/aromatic N) is 4. The minimum atomic E-state index is -0.721. The molecule has 3 heterocycles. The molecule has 0 bridgehead atoms. The standard InChI is InChI=1S/C21H22N4O4/c1-14-6-11-24-18(13-23-9-7-16(8-10-23)21(26)27)20(22-19(24)12-14)15-2-4-17(5-3-15)25(28)29/h2-6,11-12,16H,7-10,13H2,1H3,(H,26,27). The van der Waals surface area contributed by atoms with Gasteiger partial charge in [-0.2, -0.15) is 0 Å². The van der Waals surface area contributed by atoms with Crippen molar-refractivity contribution < 1.29 is 14.8 Å². The second-order valence-electron chi connectivity index (χ2n) is 7.53. The van der Waals surface area contributed by atoms with Crippen LogP contribution in [0.2, 0.25) is 0 Å². The normalized spacial score (nSPS) is 15.6. The van der Waals surface area contributed by atoms with Crippen LogP contribution < -0.4 is 0 Å². The first-order valence-corrected chi connectivity index (χ1v) is 9.60. The van der Waals surface area contributed by atoms with Gasteiger partial charge in [0.2, 0.25) is 0 Å². The molecule has 3 aromatic rings. The SMILES string of the molecule is Cc1ccn2c(CN3CCC(C(=O)O)CC3)c(-c3ccc([N+](=O)[O-])cc3)nc2c1. The van der Waals surface area contributed by atoms with E-state index in [1.807, 2.05) is 29.7 Å². The summed E-state index contributed by atoms with van der Waals surface area (Å²) in [5.74, 6) is -0.994. The highest BCUT2D eigenvalue weighted by Crippen LogP contribution is 2.29. The predicted molar refractivity (Wildman–Crippen MR) is 108 cm³/mol. The highest BCUT2D eigenvalue weighted by Gasteiger charge is 2.26. The van der Waals surface area contributed by atoms with Gasteiger partial charge in [-0.1, -0.05) is 0 Å². The Kier molecular flexibility index (Phi) is 5.02. The first-order chi connectivity index (χ1) is 13.9. The van der Waals surface area contributed by atoms with Crippen molar-refractivity contribution in [2.75, 3.05) is 13.1 Å². The van der Waals surface area contributed by atoms with Crippen LogP contribution in [0.1, 0.15) is 24.1 Å². The number of hydrogen-bond acceptors (Lipinski definition) is 5. The number of likely N-dealkylation sites (tertiary alicyclic amines) is 1. The lowest BCUT2D eigenvalue weighted by molar-refractivity contribution is -0.384. The zero-order valence-electron chi connectivity index (χ0n) is 16.1. The van der Waals surface area contributed by atoms with Crippen molar-refractivity contribution >= 4 is 17.3 Å². The highest BCUT2D eigenvalue weighted by molar-refractivity contribution is 5.70. The predicted octanol–water partition coefficient (Wildman–Crippen LogP) is 3.51. The van der Waals surface area contributed by atoms with Crippen LogP contribution in [0.25, 0.3) is 16.9 Å². The third-order valence-corrected chi connectivity index (χ3v) is 5.54. The maximum Gasteiger partial charge on any atom is 0.306 e. The van der Waals surface area contributed by atoms with Gasteiger partial charge in [0.15, 0.2) is 0 Å². The number of imidazole rings is 1. The van der Waals surface area contributed by atoms with Crippen molar-refractivity contribution in [3.05, 3.63) is 64.0 Å². The summed E-state index contributed by atoms with van der Waals surface area (Å²) in [5, 5.41) is 20.2. The molecule has 8 nitrogen and oxygen atoms in total. The molecule has 0 atom stereocenters. The lowest BCUT2D eigenvalue weighted by atomic mass is 9.97. The quantitative estimate of drug-likeness (QED) is 0.525. The summed E-state index contributed by atoms with van der Waals surface area (Å²) in [6.45, 7) is 4.09. The molecule has 150 valence electrons. The van der Waals surface area contributed by atoms with Crippen LogP contribution in [0, 0.1) is 23.0 Å². The summed E-state index contributed by atoms with van der Waals surface area (Å²) < 4.78 is 2.05. The van der Waals surface area contributed by atoms with E-state index in [0.29, 0.717) is 19.4 Å². The van der Waals surface area contributed by atoms with Crippen LogP contribution in [0.3, 0.4) is 0 Å². The average Bonchev–Trinajstić information content (AvgIpc) is 3.05. The fourth-order valence-corrected chi connectivity index (χ4v) is 3.87. The first-order valence-electron chi connectivity index (χ1n) is 9.60. The Bertz CT molecular complexity index is 1070. The van der Waals surface area contributed by atoms with E-state index in [9.17, 15) is 20.0 Å². The van der Waals surface area contributed by atoms with Crippen molar-refractivity contribution in [1.82, 2.24) is 14.3 Å². The van der Waals surface area contributed by atoms with Crippen molar-refractivity contribution in [1.29, 1.82) is 0 Å². The molecule has 8 heteroatoms. The summed E-state index contributed by atoms with van der Waals surface area (Å²) in [5.41, 5.74) is 4.60. The molecule has 0 radical (unpaired) electrons. The first kappa shape index (κ1) is 19.1. The van der Waals surface area contributed by atoms with Gasteiger partial charge >= 0.3 is 5.97 Å². The molecule has 1 saturated heterocycles. The van der Waals surface area contributed by atoms with Crippen LogP contribution in [-0.4, -0.2) is 43.4 Å². The summed E-state index contributed by atoms with van der Waals surface area (Å²) in [7, 11) is 0. The van der Waals surface area contributed by atoms with Gasteiger partial charge in [0, 0.05) is 30.4 Å². The zero-order valence-corrected chi connectivity index (χ0v) is 16.1. The highest BCUT2D eigenvalue weighted by atomic mass is 16.6. The van der Waals surface area contributed by atoms with Crippen LogP contribution in [-0.2, 0) is 11.3 Å². The fourth-order valence-electron chi connectivity index (χ4n) is 3.87. The molecule has 1 aliphatic rings. The van der Waals surface area contributed by atoms with Gasteiger partial charge in [-0.05, 0) is 62.7 Å². The van der Waals surface area contributed by atoms with E-state index < -0.39 is 10.9 Å². The zero-order chi connectivity index (χ0) is 20.5. The van der Waals surface area contributed by atoms with Crippen molar-refractivity contribution in [3.8, 4) is 11.3 Å². The largest absolute Gasteiger partial charge is 0.481 e. The number of aryl methyl sites for hydroxylation is 1. The summed E-state index contributed by atoms with van der Waals surface area (Å²) >= 11 is 0. The number of nitro groups is 1. The number of carboxylic acid groups (broad SMARTS) is 1. The number of fused-ring (bicyclic) bond motifs is 1. The number of aromatic nitrogens is 2. The summed E-state index contributed by atoms with van der Waals surface area (Å²) in [4.78, 5) is 28.8. The maximum absolute atomic E-state index is 11.2. The number of carbonyl (C=O) groups is 1. The molecule has 0 unspecified atom stereocenters. The van der Waals surface area contributed by atoms with E-state index >= 15 is 0 Å². The smallest absolute Gasteiger partial charge is 0.306 e. The van der Waals surface area contributed by atoms with Crippen LogP contribution in [0.15, 0.2) is 42.6 Å². The number of piperidine rings is 1. The second kappa shape index (κ2) is 7.63. The Hall–Kier alpha value is -3.26. The molecular formula is C21H22N4O4. The molecule has 29 heavy (non-hydrogen) atoms. The van der Waals surface area contributed by atoms with E-state index in [1.165, 1.54) is 12.1 Å². The topological polar surface area (TPSA) is 101 Å². The van der Waals surface area contributed by atoms with Gasteiger partial charge in [0.05, 0.1) is 22.2 Å². The van der Waals surface area contributed by atoms with E-state index in [2.05, 4.69) is 4.90 Å². The molecular weight excluding hydrogens is 372 g/mol. The van der Waals surface area contributed by atoms with E-state index in [-0.39, 0.29) is 11.6 Å². The van der Waals surface area contributed by atoms with Gasteiger partial charge in [0.1, 0.15) is 5.65 Å². The number of nitro benzene ring substituents is 1. The summed E-state index contributed by atoms with van der Waals surface area (Å²) in [6.07, 6.45) is 3.27. The molecule has 0 aliphatic carbocycles. The number of rotatable bonds is 5. The van der Waals surface area contributed by atoms with E-state index in [0.717, 1.165) is 41.3 Å². The number of non-ortho nitro benzene ring substituents is 1. The van der Waals surface area contributed by atoms with Crippen molar-refractivity contribution in [2.45, 2.75) is 26.3 Å². The average molecular weight is 394 g/mol. The molecule has 0 saturated carbocycles. The Morgan fingerprint density at radius 3 is 2.55 bits per heavy atom. The molecule has 1 fully saturated rings. The van der Waals surface area contributed by atoms with Crippen molar-refractivity contribution in [2.24, 2.45) is 5.92 Å². The van der Waals surface area contributed by atoms with Crippen LogP contribution in [0.5, 0.6) is 0 Å². The maximum atomic E-state index is 11.2. The van der Waals surface area contributed by atoms with Gasteiger partial charge in [0.25, 0.3) is 5.69 Å². The Morgan fingerprint density at radius 1 is 1.24 bits per heavy atom. The molecule has 1 aliphatic heterocycles. The second-order valence-corrected chi connectivity index (χ2v) is 7.53. The third-order valence-electron chi connectivity index (χ3n) is 5.54. The molecule has 1 aromatic carbocycles. The van der Waals surface area contributed by atoms with E-state index in [4.69, 9.17) is 4.98 Å². The number of pyridine rings is 1. The summed E-state index contributed by atoms with van der Waals surface area (Å²) in [6, 6.07) is 10.5. The van der Waals surface area contributed by atoms with Gasteiger partial charge < -0.3 is 9.51 Å². The number of hydrogen-bond donors (Lipinski definition) is 1. The molecule has 1 N–H and O–H groups in total. The number of aliphatic carboxylic acids is 1. The Balaban J connectivity index is 1.69. The third kappa shape index (κ3) is 3.84. The van der Waals surface area contributed by atoms with E-state index in [1.54, 1.807) is 12.1 Å². The fraction of sp³-hybridized carbons (Fsp3) is 0.333. The number of carboxylic acids is 1. The van der Waals surface area contributed by atoms with Crippen LogP contribution >= 0.6 is 0 Å². The van der Waals surface area contributed by atoms with Gasteiger partial charge in [-0.3, -0.25) is 19.8 Å².